The number of hydrogen-bond donors (Lipinski definition) is 1. The Kier molecular flexibility index (Phi) is 5.42. The number of hydrogen-bond acceptors (Lipinski definition) is 4. The van der Waals surface area contributed by atoms with E-state index in [1.807, 2.05) is 0 Å². The van der Waals surface area contributed by atoms with Crippen molar-refractivity contribution in [3.63, 3.8) is 0 Å². The van der Waals surface area contributed by atoms with Crippen LogP contribution in [0, 0.1) is 5.82 Å². The van der Waals surface area contributed by atoms with Gasteiger partial charge in [-0.1, -0.05) is 23.2 Å². The smallest absolute Gasteiger partial charge is 0.270 e. The van der Waals surface area contributed by atoms with Crippen molar-refractivity contribution in [1.29, 1.82) is 0 Å². The fourth-order valence-corrected chi connectivity index (χ4v) is 3.67. The molecule has 0 saturated carbocycles. The Morgan fingerprint density at radius 2 is 1.77 bits per heavy atom. The second kappa shape index (κ2) is 8.02. The van der Waals surface area contributed by atoms with Crippen molar-refractivity contribution in [1.82, 2.24) is 5.32 Å². The van der Waals surface area contributed by atoms with Gasteiger partial charge in [-0.25, -0.2) is 4.39 Å². The van der Waals surface area contributed by atoms with E-state index in [1.165, 1.54) is 30.3 Å². The molecule has 150 valence electrons. The number of furan rings is 1. The quantitative estimate of drug-likeness (QED) is 0.330. The van der Waals surface area contributed by atoms with Crippen molar-refractivity contribution in [2.45, 2.75) is 0 Å². The number of thiocarbonyl (C=S) groups is 1. The van der Waals surface area contributed by atoms with Crippen LogP contribution in [-0.4, -0.2) is 16.9 Å². The summed E-state index contributed by atoms with van der Waals surface area (Å²) in [5.74, 6) is -1.07. The highest BCUT2D eigenvalue weighted by molar-refractivity contribution is 7.80. The summed E-state index contributed by atoms with van der Waals surface area (Å²) in [6.45, 7) is 0. The molecule has 0 aliphatic carbocycles. The first-order valence-electron chi connectivity index (χ1n) is 8.56. The summed E-state index contributed by atoms with van der Waals surface area (Å²) in [7, 11) is 0. The standard InChI is InChI=1S/C21H11Cl2FN2O3S/c22-11-1-7-15(17(23)9-11)18-8-6-14(29-18)10-16-19(27)25-21(30)26(20(16)28)13-4-2-12(24)3-5-13/h1-10H,(H,25,27,30)/b16-10-. The molecule has 1 aliphatic heterocycles. The largest absolute Gasteiger partial charge is 0.457 e. The lowest BCUT2D eigenvalue weighted by Crippen LogP contribution is -2.54. The summed E-state index contributed by atoms with van der Waals surface area (Å²) in [5, 5.41) is 3.24. The third kappa shape index (κ3) is 3.87. The highest BCUT2D eigenvalue weighted by atomic mass is 35.5. The third-order valence-electron chi connectivity index (χ3n) is 4.30. The summed E-state index contributed by atoms with van der Waals surface area (Å²) in [6.07, 6.45) is 1.31. The average molecular weight is 461 g/mol. The normalized spacial score (nSPS) is 15.6. The molecular weight excluding hydrogens is 450 g/mol. The summed E-state index contributed by atoms with van der Waals surface area (Å²) < 4.78 is 19.0. The molecule has 2 amide bonds. The van der Waals surface area contributed by atoms with Gasteiger partial charge in [-0.15, -0.1) is 0 Å². The highest BCUT2D eigenvalue weighted by Gasteiger charge is 2.34. The highest BCUT2D eigenvalue weighted by Crippen LogP contribution is 2.32. The molecule has 0 radical (unpaired) electrons. The molecule has 0 unspecified atom stereocenters. The van der Waals surface area contributed by atoms with E-state index in [2.05, 4.69) is 5.32 Å². The van der Waals surface area contributed by atoms with Crippen molar-refractivity contribution in [3.8, 4) is 11.3 Å². The second-order valence-corrected chi connectivity index (χ2v) is 7.49. The van der Waals surface area contributed by atoms with E-state index in [9.17, 15) is 14.0 Å². The van der Waals surface area contributed by atoms with Crippen LogP contribution in [0.5, 0.6) is 0 Å². The maximum absolute atomic E-state index is 13.2. The maximum Gasteiger partial charge on any atom is 0.270 e. The first-order chi connectivity index (χ1) is 14.3. The van der Waals surface area contributed by atoms with E-state index >= 15 is 0 Å². The Bertz CT molecular complexity index is 1220. The first kappa shape index (κ1) is 20.3. The van der Waals surface area contributed by atoms with Gasteiger partial charge in [0.25, 0.3) is 11.8 Å². The zero-order chi connectivity index (χ0) is 21.4. The van der Waals surface area contributed by atoms with Crippen molar-refractivity contribution < 1.29 is 18.4 Å². The van der Waals surface area contributed by atoms with Crippen LogP contribution in [0.1, 0.15) is 5.76 Å². The molecule has 1 aromatic heterocycles. The molecule has 1 N–H and O–H groups in total. The molecule has 30 heavy (non-hydrogen) atoms. The van der Waals surface area contributed by atoms with Gasteiger partial charge in [-0.05, 0) is 72.9 Å². The number of nitrogens with zero attached hydrogens (tertiary/aromatic N) is 1. The van der Waals surface area contributed by atoms with Crippen molar-refractivity contribution in [2.24, 2.45) is 0 Å². The number of anilines is 1. The average Bonchev–Trinajstić information content (AvgIpc) is 3.15. The molecule has 4 rings (SSSR count). The number of amides is 2. The first-order valence-corrected chi connectivity index (χ1v) is 9.72. The van der Waals surface area contributed by atoms with E-state index in [0.29, 0.717) is 27.1 Å². The summed E-state index contributed by atoms with van der Waals surface area (Å²) in [5.41, 5.74) is 0.751. The Morgan fingerprint density at radius 1 is 1.03 bits per heavy atom. The SMILES string of the molecule is O=C1NC(=S)N(c2ccc(F)cc2)C(=O)/C1=C\c1ccc(-c2ccc(Cl)cc2Cl)o1. The summed E-state index contributed by atoms with van der Waals surface area (Å²) in [4.78, 5) is 26.4. The molecular formula is C21H11Cl2FN2O3S. The van der Waals surface area contributed by atoms with Crippen LogP contribution in [0.3, 0.4) is 0 Å². The molecule has 5 nitrogen and oxygen atoms in total. The van der Waals surface area contributed by atoms with Crippen LogP contribution in [0.2, 0.25) is 10.0 Å². The molecule has 2 aromatic carbocycles. The van der Waals surface area contributed by atoms with Crippen molar-refractivity contribution in [2.75, 3.05) is 4.90 Å². The Hall–Kier alpha value is -3.00. The zero-order valence-corrected chi connectivity index (χ0v) is 17.3. The summed E-state index contributed by atoms with van der Waals surface area (Å²) in [6, 6.07) is 13.4. The minimum absolute atomic E-state index is 0.0955. The van der Waals surface area contributed by atoms with Gasteiger partial charge in [0.2, 0.25) is 0 Å². The number of benzene rings is 2. The molecule has 1 fully saturated rings. The van der Waals surface area contributed by atoms with Crippen LogP contribution in [-0.2, 0) is 9.59 Å². The molecule has 2 heterocycles. The molecule has 9 heteroatoms. The van der Waals surface area contributed by atoms with Gasteiger partial charge in [-0.2, -0.15) is 0 Å². The van der Waals surface area contributed by atoms with Crippen LogP contribution in [0.15, 0.2) is 64.6 Å². The van der Waals surface area contributed by atoms with Crippen molar-refractivity contribution >= 4 is 64.1 Å². The number of carbonyl (C=O) groups is 2. The lowest BCUT2D eigenvalue weighted by atomic mass is 10.1. The fourth-order valence-electron chi connectivity index (χ4n) is 2.89. The van der Waals surface area contributed by atoms with E-state index < -0.39 is 17.6 Å². The fraction of sp³-hybridized carbons (Fsp3) is 0. The summed E-state index contributed by atoms with van der Waals surface area (Å²) >= 11 is 17.2. The van der Waals surface area contributed by atoms with E-state index in [1.54, 1.807) is 30.3 Å². The van der Waals surface area contributed by atoms with Crippen LogP contribution < -0.4 is 10.2 Å². The lowest BCUT2D eigenvalue weighted by Gasteiger charge is -2.28. The molecule has 0 atom stereocenters. The Labute approximate surface area is 185 Å². The minimum atomic E-state index is -0.661. The third-order valence-corrected chi connectivity index (χ3v) is 5.13. The molecule has 0 spiro atoms. The monoisotopic (exact) mass is 460 g/mol. The van der Waals surface area contributed by atoms with Gasteiger partial charge < -0.3 is 4.42 Å². The van der Waals surface area contributed by atoms with Gasteiger partial charge >= 0.3 is 0 Å². The maximum atomic E-state index is 13.2. The predicted octanol–water partition coefficient (Wildman–Crippen LogP) is 5.22. The molecule has 3 aromatic rings. The number of nitrogens with one attached hydrogen (secondary N) is 1. The minimum Gasteiger partial charge on any atom is -0.457 e. The predicted molar refractivity (Wildman–Crippen MR) is 117 cm³/mol. The van der Waals surface area contributed by atoms with Crippen molar-refractivity contribution in [3.05, 3.63) is 81.8 Å². The van der Waals surface area contributed by atoms with E-state index in [-0.39, 0.29) is 16.4 Å². The van der Waals surface area contributed by atoms with Gasteiger partial charge in [0.15, 0.2) is 5.11 Å². The van der Waals surface area contributed by atoms with E-state index in [4.69, 9.17) is 39.8 Å². The number of rotatable bonds is 3. The second-order valence-electron chi connectivity index (χ2n) is 6.26. The lowest BCUT2D eigenvalue weighted by molar-refractivity contribution is -0.122. The van der Waals surface area contributed by atoms with Crippen LogP contribution in [0.4, 0.5) is 10.1 Å². The van der Waals surface area contributed by atoms with Gasteiger partial charge in [0, 0.05) is 10.6 Å². The Morgan fingerprint density at radius 3 is 2.47 bits per heavy atom. The Balaban J connectivity index is 1.68. The van der Waals surface area contributed by atoms with Crippen LogP contribution >= 0.6 is 35.4 Å². The molecule has 1 saturated heterocycles. The number of carbonyl (C=O) groups excluding carboxylic acids is 2. The number of halogens is 3. The van der Waals surface area contributed by atoms with E-state index in [0.717, 1.165) is 4.90 Å². The van der Waals surface area contributed by atoms with Gasteiger partial charge in [0.1, 0.15) is 22.9 Å². The van der Waals surface area contributed by atoms with Gasteiger partial charge in [-0.3, -0.25) is 19.8 Å². The molecule has 1 aliphatic rings. The van der Waals surface area contributed by atoms with Crippen LogP contribution in [0.25, 0.3) is 17.4 Å². The zero-order valence-electron chi connectivity index (χ0n) is 15.0. The topological polar surface area (TPSA) is 62.6 Å². The molecule has 0 bridgehead atoms. The van der Waals surface area contributed by atoms with Gasteiger partial charge in [0.05, 0.1) is 10.7 Å².